The van der Waals surface area contributed by atoms with Gasteiger partial charge in [0.2, 0.25) is 0 Å². The Kier molecular flexibility index (Phi) is 7.40. The van der Waals surface area contributed by atoms with Crippen LogP contribution in [0.15, 0.2) is 24.4 Å². The number of benzene rings is 1. The fourth-order valence-corrected chi connectivity index (χ4v) is 2.85. The van der Waals surface area contributed by atoms with Gasteiger partial charge in [0.05, 0.1) is 18.4 Å². The third-order valence-electron chi connectivity index (χ3n) is 3.52. The molecule has 0 unspecified atom stereocenters. The van der Waals surface area contributed by atoms with Gasteiger partial charge in [-0.05, 0) is 30.5 Å². The molecule has 0 bridgehead atoms. The molecule has 0 spiro atoms. The highest BCUT2D eigenvalue weighted by molar-refractivity contribution is 6.34. The van der Waals surface area contributed by atoms with Crippen molar-refractivity contribution in [3.8, 4) is 5.69 Å². The standard InChI is InChI=1S/C16H20Cl2N6O3/c1-9(2)3-14(15(25)22-27)20-16(26)19-7-12-8-24(23-21-12)13-5-10(17)4-11(18)6-13/h4-6,8-9,14,27H,3,7H2,1-2H3,(H,22,25)(H2,19,20,26)/t14-/m0/s1. The molecule has 2 rings (SSSR count). The van der Waals surface area contributed by atoms with Crippen LogP contribution >= 0.6 is 23.2 Å². The monoisotopic (exact) mass is 414 g/mol. The molecule has 0 aliphatic carbocycles. The van der Waals surface area contributed by atoms with Crippen molar-refractivity contribution in [3.05, 3.63) is 40.1 Å². The number of carbonyl (C=O) groups is 2. The third kappa shape index (κ3) is 6.38. The number of hydrogen-bond donors (Lipinski definition) is 4. The smallest absolute Gasteiger partial charge is 0.315 e. The zero-order chi connectivity index (χ0) is 20.0. The molecule has 27 heavy (non-hydrogen) atoms. The first-order chi connectivity index (χ1) is 12.8. The van der Waals surface area contributed by atoms with Gasteiger partial charge in [0.1, 0.15) is 11.7 Å². The van der Waals surface area contributed by atoms with E-state index in [1.807, 2.05) is 13.8 Å². The Morgan fingerprint density at radius 2 is 1.89 bits per heavy atom. The summed E-state index contributed by atoms with van der Waals surface area (Å²) in [4.78, 5) is 23.6. The second-order valence-electron chi connectivity index (χ2n) is 6.27. The molecule has 4 N–H and O–H groups in total. The van der Waals surface area contributed by atoms with E-state index in [0.717, 1.165) is 0 Å². The van der Waals surface area contributed by atoms with Gasteiger partial charge in [-0.2, -0.15) is 0 Å². The van der Waals surface area contributed by atoms with Gasteiger partial charge in [-0.15, -0.1) is 5.10 Å². The number of aromatic nitrogens is 3. The Morgan fingerprint density at radius 1 is 1.22 bits per heavy atom. The van der Waals surface area contributed by atoms with Crippen molar-refractivity contribution in [1.29, 1.82) is 0 Å². The molecule has 0 radical (unpaired) electrons. The predicted molar refractivity (Wildman–Crippen MR) is 99.9 cm³/mol. The molecule has 0 saturated heterocycles. The summed E-state index contributed by atoms with van der Waals surface area (Å²) in [5, 5.41) is 22.7. The second-order valence-corrected chi connectivity index (χ2v) is 7.14. The van der Waals surface area contributed by atoms with Gasteiger partial charge in [0, 0.05) is 10.0 Å². The largest absolute Gasteiger partial charge is 0.332 e. The summed E-state index contributed by atoms with van der Waals surface area (Å²) < 4.78 is 1.48. The zero-order valence-electron chi connectivity index (χ0n) is 14.7. The number of rotatable bonds is 7. The van der Waals surface area contributed by atoms with Crippen LogP contribution in [0.3, 0.4) is 0 Å². The van der Waals surface area contributed by atoms with Gasteiger partial charge in [-0.1, -0.05) is 42.3 Å². The lowest BCUT2D eigenvalue weighted by molar-refractivity contribution is -0.131. The van der Waals surface area contributed by atoms with E-state index in [1.165, 1.54) is 4.68 Å². The molecular weight excluding hydrogens is 395 g/mol. The summed E-state index contributed by atoms with van der Waals surface area (Å²) >= 11 is 11.9. The number of halogens is 2. The number of nitrogens with one attached hydrogen (secondary N) is 3. The molecule has 146 valence electrons. The Balaban J connectivity index is 1.95. The Bertz CT molecular complexity index is 791. The average Bonchev–Trinajstić information content (AvgIpc) is 3.06. The number of hydroxylamine groups is 1. The SMILES string of the molecule is CC(C)C[C@H](NC(=O)NCc1cn(-c2cc(Cl)cc(Cl)c2)nn1)C(=O)NO. The summed E-state index contributed by atoms with van der Waals surface area (Å²) in [5.41, 5.74) is 2.68. The lowest BCUT2D eigenvalue weighted by atomic mass is 10.0. The number of nitrogens with zero attached hydrogens (tertiary/aromatic N) is 3. The number of amides is 3. The van der Waals surface area contributed by atoms with Crippen molar-refractivity contribution in [1.82, 2.24) is 31.1 Å². The van der Waals surface area contributed by atoms with Gasteiger partial charge in [0.25, 0.3) is 5.91 Å². The summed E-state index contributed by atoms with van der Waals surface area (Å²) in [6.07, 6.45) is 2.00. The number of hydrogen-bond acceptors (Lipinski definition) is 5. The average molecular weight is 415 g/mol. The molecule has 0 fully saturated rings. The van der Waals surface area contributed by atoms with Crippen LogP contribution in [-0.4, -0.2) is 38.2 Å². The van der Waals surface area contributed by atoms with Gasteiger partial charge in [-0.3, -0.25) is 10.0 Å². The van der Waals surface area contributed by atoms with Crippen LogP contribution in [0.25, 0.3) is 5.69 Å². The second kappa shape index (κ2) is 9.54. The molecule has 2 aromatic rings. The first-order valence-electron chi connectivity index (χ1n) is 8.14. The number of carbonyl (C=O) groups excluding carboxylic acids is 2. The normalized spacial score (nSPS) is 11.9. The van der Waals surface area contributed by atoms with E-state index in [0.29, 0.717) is 27.8 Å². The summed E-state index contributed by atoms with van der Waals surface area (Å²) in [7, 11) is 0. The maximum Gasteiger partial charge on any atom is 0.315 e. The molecule has 0 saturated carbocycles. The highest BCUT2D eigenvalue weighted by atomic mass is 35.5. The molecular formula is C16H20Cl2N6O3. The topological polar surface area (TPSA) is 121 Å². The molecule has 1 aromatic carbocycles. The molecule has 11 heteroatoms. The van der Waals surface area contributed by atoms with Gasteiger partial charge in [-0.25, -0.2) is 15.0 Å². The quantitative estimate of drug-likeness (QED) is 0.409. The summed E-state index contributed by atoms with van der Waals surface area (Å²) in [6, 6.07) is 3.54. The number of urea groups is 1. The van der Waals surface area contributed by atoms with Gasteiger partial charge in [0.15, 0.2) is 0 Å². The minimum absolute atomic E-state index is 0.0925. The fraction of sp³-hybridized carbons (Fsp3) is 0.375. The van der Waals surface area contributed by atoms with Crippen molar-refractivity contribution in [3.63, 3.8) is 0 Å². The van der Waals surface area contributed by atoms with Crippen molar-refractivity contribution >= 4 is 35.1 Å². The fourth-order valence-electron chi connectivity index (χ4n) is 2.34. The Morgan fingerprint density at radius 3 is 2.48 bits per heavy atom. The van der Waals surface area contributed by atoms with E-state index >= 15 is 0 Å². The van der Waals surface area contributed by atoms with Gasteiger partial charge < -0.3 is 10.6 Å². The molecule has 1 heterocycles. The minimum Gasteiger partial charge on any atom is -0.332 e. The van der Waals surface area contributed by atoms with E-state index < -0.39 is 18.0 Å². The molecule has 1 aromatic heterocycles. The molecule has 0 aliphatic rings. The van der Waals surface area contributed by atoms with Crippen molar-refractivity contribution < 1.29 is 14.8 Å². The molecule has 9 nitrogen and oxygen atoms in total. The van der Waals surface area contributed by atoms with Crippen LogP contribution < -0.4 is 16.1 Å². The van der Waals surface area contributed by atoms with Gasteiger partial charge >= 0.3 is 6.03 Å². The maximum atomic E-state index is 12.0. The van der Waals surface area contributed by atoms with Crippen LogP contribution in [-0.2, 0) is 11.3 Å². The van der Waals surface area contributed by atoms with Crippen LogP contribution in [0.2, 0.25) is 10.0 Å². The Hall–Kier alpha value is -2.36. The van der Waals surface area contributed by atoms with E-state index in [4.69, 9.17) is 28.4 Å². The van der Waals surface area contributed by atoms with E-state index in [-0.39, 0.29) is 12.5 Å². The van der Waals surface area contributed by atoms with Crippen molar-refractivity contribution in [2.24, 2.45) is 5.92 Å². The highest BCUT2D eigenvalue weighted by Gasteiger charge is 2.21. The predicted octanol–water partition coefficient (Wildman–Crippen LogP) is 2.29. The highest BCUT2D eigenvalue weighted by Crippen LogP contribution is 2.21. The lowest BCUT2D eigenvalue weighted by Crippen LogP contribution is -2.49. The molecule has 0 aliphatic heterocycles. The van der Waals surface area contributed by atoms with Crippen LogP contribution in [0.1, 0.15) is 26.0 Å². The first kappa shape index (κ1) is 20.9. The molecule has 3 amide bonds. The Labute approximate surface area is 166 Å². The minimum atomic E-state index is -0.848. The van der Waals surface area contributed by atoms with E-state index in [2.05, 4.69) is 20.9 Å². The first-order valence-corrected chi connectivity index (χ1v) is 8.90. The lowest BCUT2D eigenvalue weighted by Gasteiger charge is -2.18. The van der Waals surface area contributed by atoms with Crippen molar-refractivity contribution in [2.75, 3.05) is 0 Å². The zero-order valence-corrected chi connectivity index (χ0v) is 16.3. The van der Waals surface area contributed by atoms with E-state index in [9.17, 15) is 9.59 Å². The van der Waals surface area contributed by atoms with Crippen LogP contribution in [0.4, 0.5) is 4.79 Å². The van der Waals surface area contributed by atoms with Crippen LogP contribution in [0, 0.1) is 5.92 Å². The summed E-state index contributed by atoms with van der Waals surface area (Å²) in [5.74, 6) is -0.528. The third-order valence-corrected chi connectivity index (χ3v) is 3.96. The maximum absolute atomic E-state index is 12.0. The summed E-state index contributed by atoms with van der Waals surface area (Å²) in [6.45, 7) is 3.89. The van der Waals surface area contributed by atoms with Crippen LogP contribution in [0.5, 0.6) is 0 Å². The van der Waals surface area contributed by atoms with E-state index in [1.54, 1.807) is 29.9 Å². The molecule has 1 atom stereocenters. The van der Waals surface area contributed by atoms with Crippen molar-refractivity contribution in [2.45, 2.75) is 32.9 Å².